The zero-order valence-corrected chi connectivity index (χ0v) is 11.8. The van der Waals surface area contributed by atoms with Crippen LogP contribution in [0.15, 0.2) is 29.4 Å². The molecular weight excluding hydrogens is 246 g/mol. The van der Waals surface area contributed by atoms with Crippen LogP contribution in [0.1, 0.15) is 19.4 Å². The lowest BCUT2D eigenvalue weighted by Gasteiger charge is -2.10. The van der Waals surface area contributed by atoms with E-state index in [1.165, 1.54) is 0 Å². The Morgan fingerprint density at radius 3 is 2.83 bits per heavy atom. The number of hydrazone groups is 1. The highest BCUT2D eigenvalue weighted by atomic mass is 32.1. The number of nitrogens with one attached hydrogen (secondary N) is 2. The Hall–Kier alpha value is -1.62. The second kappa shape index (κ2) is 7.66. The number of benzene rings is 1. The highest BCUT2D eigenvalue weighted by molar-refractivity contribution is 7.80. The van der Waals surface area contributed by atoms with E-state index in [0.29, 0.717) is 17.6 Å². The van der Waals surface area contributed by atoms with Gasteiger partial charge in [-0.3, -0.25) is 5.43 Å². The molecule has 0 amide bonds. The molecule has 0 saturated carbocycles. The highest BCUT2D eigenvalue weighted by Crippen LogP contribution is 2.16. The topological polar surface area (TPSA) is 45.7 Å². The molecule has 1 aromatic carbocycles. The minimum absolute atomic E-state index is 0.479. The first-order valence-corrected chi connectivity index (χ1v) is 6.27. The van der Waals surface area contributed by atoms with Gasteiger partial charge in [-0.05, 0) is 30.3 Å². The third kappa shape index (κ3) is 5.14. The first kappa shape index (κ1) is 14.4. The van der Waals surface area contributed by atoms with Gasteiger partial charge in [-0.2, -0.15) is 5.10 Å². The Labute approximate surface area is 113 Å². The SMILES string of the molecule is CNC(=S)N/N=C/c1ccccc1OCC(C)C. The average molecular weight is 265 g/mol. The van der Waals surface area contributed by atoms with E-state index in [1.54, 1.807) is 13.3 Å². The Balaban J connectivity index is 2.66. The standard InChI is InChI=1S/C13H19N3OS/c1-10(2)9-17-12-7-5-4-6-11(12)8-15-16-13(18)14-3/h4-8,10H,9H2,1-3H3,(H2,14,16,18)/b15-8+. The number of hydrogen-bond donors (Lipinski definition) is 2. The summed E-state index contributed by atoms with van der Waals surface area (Å²) < 4.78 is 5.71. The fourth-order valence-corrected chi connectivity index (χ4v) is 1.24. The summed E-state index contributed by atoms with van der Waals surface area (Å²) in [7, 11) is 1.74. The molecule has 0 radical (unpaired) electrons. The Morgan fingerprint density at radius 2 is 2.17 bits per heavy atom. The first-order chi connectivity index (χ1) is 8.63. The molecule has 0 aliphatic carbocycles. The maximum Gasteiger partial charge on any atom is 0.186 e. The van der Waals surface area contributed by atoms with E-state index in [1.807, 2.05) is 24.3 Å². The number of para-hydroxylation sites is 1. The molecule has 0 fully saturated rings. The van der Waals surface area contributed by atoms with Gasteiger partial charge in [0.05, 0.1) is 12.8 Å². The predicted molar refractivity (Wildman–Crippen MR) is 79.2 cm³/mol. The van der Waals surface area contributed by atoms with Crippen LogP contribution in [0.3, 0.4) is 0 Å². The second-order valence-electron chi connectivity index (χ2n) is 4.19. The number of hydrogen-bond acceptors (Lipinski definition) is 3. The molecule has 0 aliphatic heterocycles. The van der Waals surface area contributed by atoms with Gasteiger partial charge in [0.2, 0.25) is 0 Å². The van der Waals surface area contributed by atoms with Crippen LogP contribution in [0.4, 0.5) is 0 Å². The van der Waals surface area contributed by atoms with Gasteiger partial charge in [-0.25, -0.2) is 0 Å². The summed E-state index contributed by atoms with van der Waals surface area (Å²) in [5.74, 6) is 1.32. The van der Waals surface area contributed by atoms with Crippen molar-refractivity contribution in [2.45, 2.75) is 13.8 Å². The Bertz CT molecular complexity index is 418. The third-order valence-electron chi connectivity index (χ3n) is 2.09. The number of thiocarbonyl (C=S) groups is 1. The number of rotatable bonds is 5. The Kier molecular flexibility index (Phi) is 6.14. The van der Waals surface area contributed by atoms with Crippen LogP contribution in [0.25, 0.3) is 0 Å². The van der Waals surface area contributed by atoms with Gasteiger partial charge in [-0.1, -0.05) is 26.0 Å². The molecule has 98 valence electrons. The number of nitrogens with zero attached hydrogens (tertiary/aromatic N) is 1. The summed E-state index contributed by atoms with van der Waals surface area (Å²) in [5.41, 5.74) is 3.63. The van der Waals surface area contributed by atoms with E-state index in [2.05, 4.69) is 29.7 Å². The summed E-state index contributed by atoms with van der Waals surface area (Å²) in [6.07, 6.45) is 1.69. The van der Waals surface area contributed by atoms with E-state index < -0.39 is 0 Å². The summed E-state index contributed by atoms with van der Waals surface area (Å²) in [4.78, 5) is 0. The summed E-state index contributed by atoms with van der Waals surface area (Å²) >= 11 is 4.92. The first-order valence-electron chi connectivity index (χ1n) is 5.86. The van der Waals surface area contributed by atoms with E-state index in [-0.39, 0.29) is 0 Å². The van der Waals surface area contributed by atoms with E-state index >= 15 is 0 Å². The molecule has 0 bridgehead atoms. The molecule has 0 unspecified atom stereocenters. The maximum atomic E-state index is 5.71. The molecule has 0 aromatic heterocycles. The molecule has 1 aromatic rings. The van der Waals surface area contributed by atoms with Crippen molar-refractivity contribution in [2.24, 2.45) is 11.0 Å². The van der Waals surface area contributed by atoms with Crippen molar-refractivity contribution in [1.82, 2.24) is 10.7 Å². The van der Waals surface area contributed by atoms with Gasteiger partial charge < -0.3 is 10.1 Å². The molecule has 1 rings (SSSR count). The van der Waals surface area contributed by atoms with Crippen molar-refractivity contribution in [3.8, 4) is 5.75 Å². The van der Waals surface area contributed by atoms with Crippen molar-refractivity contribution in [1.29, 1.82) is 0 Å². The van der Waals surface area contributed by atoms with Crippen molar-refractivity contribution >= 4 is 23.5 Å². The molecule has 18 heavy (non-hydrogen) atoms. The van der Waals surface area contributed by atoms with Crippen molar-refractivity contribution < 1.29 is 4.74 Å². The molecule has 2 N–H and O–H groups in total. The minimum atomic E-state index is 0.479. The van der Waals surface area contributed by atoms with Gasteiger partial charge in [-0.15, -0.1) is 0 Å². The summed E-state index contributed by atoms with van der Waals surface area (Å²) in [6.45, 7) is 4.92. The molecular formula is C13H19N3OS. The lowest BCUT2D eigenvalue weighted by atomic mass is 10.2. The van der Waals surface area contributed by atoms with Gasteiger partial charge >= 0.3 is 0 Å². The zero-order chi connectivity index (χ0) is 13.4. The molecule has 0 atom stereocenters. The van der Waals surface area contributed by atoms with Gasteiger partial charge in [0.15, 0.2) is 5.11 Å². The second-order valence-corrected chi connectivity index (χ2v) is 4.60. The van der Waals surface area contributed by atoms with Gasteiger partial charge in [0.1, 0.15) is 5.75 Å². The molecule has 0 heterocycles. The molecule has 0 spiro atoms. The largest absolute Gasteiger partial charge is 0.493 e. The van der Waals surface area contributed by atoms with Crippen LogP contribution >= 0.6 is 12.2 Å². The maximum absolute atomic E-state index is 5.71. The molecule has 4 nitrogen and oxygen atoms in total. The van der Waals surface area contributed by atoms with Crippen LogP contribution in [-0.2, 0) is 0 Å². The van der Waals surface area contributed by atoms with E-state index in [4.69, 9.17) is 17.0 Å². The van der Waals surface area contributed by atoms with Crippen LogP contribution < -0.4 is 15.5 Å². The van der Waals surface area contributed by atoms with Crippen LogP contribution in [0.2, 0.25) is 0 Å². The fraction of sp³-hybridized carbons (Fsp3) is 0.385. The van der Waals surface area contributed by atoms with Gasteiger partial charge in [0, 0.05) is 12.6 Å². The van der Waals surface area contributed by atoms with Crippen molar-refractivity contribution in [2.75, 3.05) is 13.7 Å². The molecule has 0 aliphatic rings. The van der Waals surface area contributed by atoms with Crippen LogP contribution in [-0.4, -0.2) is 25.0 Å². The number of ether oxygens (including phenoxy) is 1. The minimum Gasteiger partial charge on any atom is -0.493 e. The van der Waals surface area contributed by atoms with Crippen LogP contribution in [0, 0.1) is 5.92 Å². The fourth-order valence-electron chi connectivity index (χ4n) is 1.19. The predicted octanol–water partition coefficient (Wildman–Crippen LogP) is 2.15. The van der Waals surface area contributed by atoms with Crippen LogP contribution in [0.5, 0.6) is 5.75 Å². The van der Waals surface area contributed by atoms with E-state index in [0.717, 1.165) is 11.3 Å². The van der Waals surface area contributed by atoms with E-state index in [9.17, 15) is 0 Å². The lowest BCUT2D eigenvalue weighted by Crippen LogP contribution is -2.28. The quantitative estimate of drug-likeness (QED) is 0.486. The Morgan fingerprint density at radius 1 is 1.44 bits per heavy atom. The highest BCUT2D eigenvalue weighted by Gasteiger charge is 2.01. The third-order valence-corrected chi connectivity index (χ3v) is 2.38. The van der Waals surface area contributed by atoms with Crippen molar-refractivity contribution in [3.05, 3.63) is 29.8 Å². The zero-order valence-electron chi connectivity index (χ0n) is 10.9. The smallest absolute Gasteiger partial charge is 0.186 e. The summed E-state index contributed by atoms with van der Waals surface area (Å²) in [5, 5.41) is 7.30. The molecule has 5 heteroatoms. The van der Waals surface area contributed by atoms with Gasteiger partial charge in [0.25, 0.3) is 0 Å². The van der Waals surface area contributed by atoms with Crippen molar-refractivity contribution in [3.63, 3.8) is 0 Å². The monoisotopic (exact) mass is 265 g/mol. The summed E-state index contributed by atoms with van der Waals surface area (Å²) in [6, 6.07) is 7.77. The lowest BCUT2D eigenvalue weighted by molar-refractivity contribution is 0.270. The normalized spacial score (nSPS) is 10.7. The average Bonchev–Trinajstić information content (AvgIpc) is 2.37. The molecule has 0 saturated heterocycles.